The molecule has 0 atom stereocenters. The fourth-order valence-corrected chi connectivity index (χ4v) is 3.25. The fraction of sp³-hybridized carbons (Fsp3) is 0.0833. The van der Waals surface area contributed by atoms with Gasteiger partial charge in [-0.05, 0) is 53.7 Å². The third kappa shape index (κ3) is 4.34. The Kier molecular flexibility index (Phi) is 5.32. The molecule has 2 heterocycles. The number of benzene rings is 3. The summed E-state index contributed by atoms with van der Waals surface area (Å²) < 4.78 is 17.2. The first-order valence-electron chi connectivity index (χ1n) is 9.95. The number of aromatic nitrogens is 5. The van der Waals surface area contributed by atoms with Crippen molar-refractivity contribution < 1.29 is 14.2 Å². The Morgan fingerprint density at radius 1 is 0.812 bits per heavy atom. The van der Waals surface area contributed by atoms with Crippen molar-refractivity contribution in [3.8, 4) is 34.4 Å². The van der Waals surface area contributed by atoms with Crippen LogP contribution in [0.1, 0.15) is 5.69 Å². The molecule has 0 fully saturated rings. The molecule has 0 aliphatic rings. The summed E-state index contributed by atoms with van der Waals surface area (Å²) >= 11 is 0. The number of aromatic amines is 1. The third-order valence-electron chi connectivity index (χ3n) is 4.82. The highest BCUT2D eigenvalue weighted by Crippen LogP contribution is 2.31. The number of H-pyrrole nitrogens is 1. The predicted molar refractivity (Wildman–Crippen MR) is 119 cm³/mol. The van der Waals surface area contributed by atoms with Gasteiger partial charge in [-0.2, -0.15) is 5.21 Å². The van der Waals surface area contributed by atoms with Crippen molar-refractivity contribution in [2.45, 2.75) is 6.61 Å². The van der Waals surface area contributed by atoms with Gasteiger partial charge < -0.3 is 14.2 Å². The number of nitrogens with one attached hydrogen (secondary N) is 1. The van der Waals surface area contributed by atoms with Crippen molar-refractivity contribution in [3.05, 3.63) is 84.6 Å². The summed E-state index contributed by atoms with van der Waals surface area (Å²) in [6.45, 7) is 0.384. The number of methoxy groups -OCH3 is 1. The second-order valence-electron chi connectivity index (χ2n) is 6.99. The topological polar surface area (TPSA) is 95.0 Å². The van der Waals surface area contributed by atoms with Gasteiger partial charge in [-0.15, -0.1) is 10.2 Å². The van der Waals surface area contributed by atoms with Crippen LogP contribution in [0.5, 0.6) is 23.0 Å². The lowest BCUT2D eigenvalue weighted by molar-refractivity contribution is 0.301. The lowest BCUT2D eigenvalue weighted by atomic mass is 10.2. The molecule has 0 spiro atoms. The molecule has 1 N–H and O–H groups in total. The minimum atomic E-state index is 0.384. The summed E-state index contributed by atoms with van der Waals surface area (Å²) in [4.78, 5) is 4.63. The van der Waals surface area contributed by atoms with Crippen LogP contribution >= 0.6 is 0 Å². The van der Waals surface area contributed by atoms with Crippen molar-refractivity contribution in [2.24, 2.45) is 0 Å². The van der Waals surface area contributed by atoms with Crippen molar-refractivity contribution in [2.75, 3.05) is 7.11 Å². The molecule has 0 unspecified atom stereocenters. The number of fused-ring (bicyclic) bond motifs is 1. The Morgan fingerprint density at radius 2 is 1.62 bits per heavy atom. The van der Waals surface area contributed by atoms with E-state index < -0.39 is 0 Å². The molecule has 0 aliphatic heterocycles. The molecular weight excluding hydrogens is 406 g/mol. The van der Waals surface area contributed by atoms with E-state index in [9.17, 15) is 0 Å². The molecule has 0 saturated carbocycles. The monoisotopic (exact) mass is 425 g/mol. The van der Waals surface area contributed by atoms with Gasteiger partial charge in [0, 0.05) is 17.0 Å². The first kappa shape index (κ1) is 19.5. The molecule has 8 heteroatoms. The zero-order valence-electron chi connectivity index (χ0n) is 17.2. The van der Waals surface area contributed by atoms with Crippen LogP contribution in [-0.4, -0.2) is 32.7 Å². The fourth-order valence-electron chi connectivity index (χ4n) is 3.25. The number of hydrogen-bond acceptors (Lipinski definition) is 7. The second kappa shape index (κ2) is 8.73. The molecule has 2 aromatic heterocycles. The van der Waals surface area contributed by atoms with Crippen molar-refractivity contribution in [1.82, 2.24) is 25.6 Å². The smallest absolute Gasteiger partial charge is 0.204 e. The van der Waals surface area contributed by atoms with E-state index in [1.165, 1.54) is 0 Å². The first-order chi connectivity index (χ1) is 15.8. The van der Waals surface area contributed by atoms with Gasteiger partial charge in [0.05, 0.1) is 18.3 Å². The average Bonchev–Trinajstić information content (AvgIpc) is 3.38. The SMILES string of the molecule is COc1cc(Oc2ccc(OCc3ccc4ccccc4n3)cc2)cc(-c2nn[nH]n2)c1. The minimum Gasteiger partial charge on any atom is -0.497 e. The Bertz CT molecular complexity index is 1340. The maximum absolute atomic E-state index is 5.99. The van der Waals surface area contributed by atoms with Gasteiger partial charge in [-0.25, -0.2) is 4.98 Å². The lowest BCUT2D eigenvalue weighted by Gasteiger charge is -2.10. The van der Waals surface area contributed by atoms with Crippen molar-refractivity contribution in [3.63, 3.8) is 0 Å². The quantitative estimate of drug-likeness (QED) is 0.400. The van der Waals surface area contributed by atoms with E-state index in [4.69, 9.17) is 14.2 Å². The van der Waals surface area contributed by atoms with Crippen LogP contribution in [0.15, 0.2) is 78.9 Å². The number of nitrogens with zero attached hydrogens (tertiary/aromatic N) is 4. The van der Waals surface area contributed by atoms with E-state index in [2.05, 4.69) is 31.7 Å². The summed E-state index contributed by atoms with van der Waals surface area (Å²) in [5.74, 6) is 3.07. The summed E-state index contributed by atoms with van der Waals surface area (Å²) in [6, 6.07) is 24.9. The number of hydrogen-bond donors (Lipinski definition) is 1. The largest absolute Gasteiger partial charge is 0.497 e. The van der Waals surface area contributed by atoms with E-state index in [0.717, 1.165) is 27.9 Å². The predicted octanol–water partition coefficient (Wildman–Crippen LogP) is 4.79. The van der Waals surface area contributed by atoms with Crippen molar-refractivity contribution in [1.29, 1.82) is 0 Å². The molecule has 0 amide bonds. The van der Waals surface area contributed by atoms with E-state index >= 15 is 0 Å². The molecule has 0 aliphatic carbocycles. The van der Waals surface area contributed by atoms with Gasteiger partial charge in [0.1, 0.15) is 29.6 Å². The van der Waals surface area contributed by atoms with Crippen LogP contribution in [0.3, 0.4) is 0 Å². The van der Waals surface area contributed by atoms with Gasteiger partial charge >= 0.3 is 0 Å². The van der Waals surface area contributed by atoms with Crippen LogP contribution < -0.4 is 14.2 Å². The number of para-hydroxylation sites is 1. The average molecular weight is 425 g/mol. The van der Waals surface area contributed by atoms with E-state index in [0.29, 0.717) is 29.7 Å². The van der Waals surface area contributed by atoms with Gasteiger partial charge in [0.25, 0.3) is 0 Å². The highest BCUT2D eigenvalue weighted by Gasteiger charge is 2.09. The zero-order chi connectivity index (χ0) is 21.8. The first-order valence-corrected chi connectivity index (χ1v) is 9.95. The summed E-state index contributed by atoms with van der Waals surface area (Å²) in [5, 5.41) is 15.2. The van der Waals surface area contributed by atoms with Crippen LogP contribution in [0.25, 0.3) is 22.3 Å². The Balaban J connectivity index is 1.27. The zero-order valence-corrected chi connectivity index (χ0v) is 17.2. The molecule has 32 heavy (non-hydrogen) atoms. The molecule has 0 radical (unpaired) electrons. The number of pyridine rings is 1. The highest BCUT2D eigenvalue weighted by molar-refractivity contribution is 5.78. The summed E-state index contributed by atoms with van der Waals surface area (Å²) in [6.07, 6.45) is 0. The number of tetrazole rings is 1. The molecule has 8 nitrogen and oxygen atoms in total. The van der Waals surface area contributed by atoms with Gasteiger partial charge in [0.2, 0.25) is 5.82 Å². The molecule has 0 bridgehead atoms. The molecule has 158 valence electrons. The Labute approximate surface area is 183 Å². The summed E-state index contributed by atoms with van der Waals surface area (Å²) in [5.41, 5.74) is 2.56. The second-order valence-corrected chi connectivity index (χ2v) is 6.99. The maximum Gasteiger partial charge on any atom is 0.204 e. The lowest BCUT2D eigenvalue weighted by Crippen LogP contribution is -1.98. The van der Waals surface area contributed by atoms with Gasteiger partial charge in [0.15, 0.2) is 0 Å². The molecule has 5 rings (SSSR count). The third-order valence-corrected chi connectivity index (χ3v) is 4.82. The Morgan fingerprint density at radius 3 is 2.44 bits per heavy atom. The van der Waals surface area contributed by atoms with Gasteiger partial charge in [-0.1, -0.05) is 24.3 Å². The summed E-state index contributed by atoms with van der Waals surface area (Å²) in [7, 11) is 1.59. The minimum absolute atomic E-state index is 0.384. The van der Waals surface area contributed by atoms with Crippen LogP contribution in [0.4, 0.5) is 0 Å². The number of ether oxygens (including phenoxy) is 3. The van der Waals surface area contributed by atoms with Crippen LogP contribution in [0.2, 0.25) is 0 Å². The van der Waals surface area contributed by atoms with E-state index in [1.807, 2.05) is 66.7 Å². The highest BCUT2D eigenvalue weighted by atomic mass is 16.5. The van der Waals surface area contributed by atoms with Gasteiger partial charge in [-0.3, -0.25) is 0 Å². The Hall–Kier alpha value is -4.46. The number of rotatable bonds is 7. The molecule has 0 saturated heterocycles. The van der Waals surface area contributed by atoms with Crippen molar-refractivity contribution >= 4 is 10.9 Å². The van der Waals surface area contributed by atoms with Crippen LogP contribution in [-0.2, 0) is 6.61 Å². The molecule has 5 aromatic rings. The molecular formula is C24H19N5O3. The van der Waals surface area contributed by atoms with Crippen LogP contribution in [0, 0.1) is 0 Å². The normalized spacial score (nSPS) is 10.8. The maximum atomic E-state index is 5.99. The van der Waals surface area contributed by atoms with E-state index in [1.54, 1.807) is 13.2 Å². The standard InChI is InChI=1S/C24H19N5O3/c1-30-21-12-17(24-26-28-29-27-24)13-22(14-21)32-20-10-8-19(9-11-20)31-15-18-7-6-16-4-2-3-5-23(16)25-18/h2-14H,15H2,1H3,(H,26,27,28,29). The van der Waals surface area contributed by atoms with E-state index in [-0.39, 0.29) is 0 Å². The molecule has 3 aromatic carbocycles.